The number of aromatic hydroxyl groups is 1. The quantitative estimate of drug-likeness (QED) is 0.645. The summed E-state index contributed by atoms with van der Waals surface area (Å²) in [5.74, 6) is -1.93. The molecule has 3 N–H and O–H groups in total. The Kier molecular flexibility index (Phi) is 6.11. The molecule has 3 amide bonds. The Bertz CT molecular complexity index is 930. The summed E-state index contributed by atoms with van der Waals surface area (Å²) in [7, 11) is 0. The number of hydrogen-bond donors (Lipinski definition) is 3. The lowest BCUT2D eigenvalue weighted by Crippen LogP contribution is -2.38. The number of carbonyl (C=O) groups excluding carboxylic acids is 3. The molecule has 0 bridgehead atoms. The molecule has 1 fully saturated rings. The first-order valence-corrected chi connectivity index (χ1v) is 9.26. The summed E-state index contributed by atoms with van der Waals surface area (Å²) < 4.78 is 14.1. The summed E-state index contributed by atoms with van der Waals surface area (Å²) in [6, 6.07) is 10.4. The summed E-state index contributed by atoms with van der Waals surface area (Å²) in [6.07, 6.45) is 0.0129. The average Bonchev–Trinajstić information content (AvgIpc) is 3.07. The van der Waals surface area contributed by atoms with Crippen LogP contribution >= 0.6 is 0 Å². The molecular weight excluding hydrogens is 377 g/mol. The molecule has 0 radical (unpaired) electrons. The number of nitrogens with zero attached hydrogens (tertiary/aromatic N) is 1. The monoisotopic (exact) mass is 399 g/mol. The number of amides is 3. The Morgan fingerprint density at radius 2 is 1.83 bits per heavy atom. The van der Waals surface area contributed by atoms with Crippen LogP contribution in [-0.2, 0) is 9.59 Å². The molecule has 1 aliphatic rings. The highest BCUT2D eigenvalue weighted by atomic mass is 19.1. The van der Waals surface area contributed by atoms with E-state index in [0.29, 0.717) is 5.56 Å². The fourth-order valence-corrected chi connectivity index (χ4v) is 3.17. The van der Waals surface area contributed by atoms with Crippen LogP contribution < -0.4 is 15.5 Å². The summed E-state index contributed by atoms with van der Waals surface area (Å²) in [5.41, 5.74) is 1.32. The first kappa shape index (κ1) is 20.3. The Morgan fingerprint density at radius 3 is 2.52 bits per heavy atom. The molecule has 1 unspecified atom stereocenters. The van der Waals surface area contributed by atoms with Crippen LogP contribution in [0.1, 0.15) is 22.3 Å². The van der Waals surface area contributed by atoms with Gasteiger partial charge in [-0.2, -0.15) is 0 Å². The summed E-state index contributed by atoms with van der Waals surface area (Å²) in [4.78, 5) is 37.8. The molecule has 3 rings (SSSR count). The van der Waals surface area contributed by atoms with E-state index in [4.69, 9.17) is 0 Å². The van der Waals surface area contributed by atoms with Gasteiger partial charge in [0.15, 0.2) is 0 Å². The third-order valence-corrected chi connectivity index (χ3v) is 4.73. The van der Waals surface area contributed by atoms with Gasteiger partial charge < -0.3 is 20.6 Å². The summed E-state index contributed by atoms with van der Waals surface area (Å²) >= 11 is 0. The highest BCUT2D eigenvalue weighted by molar-refractivity contribution is 6.00. The minimum absolute atomic E-state index is 0.0129. The number of carbonyl (C=O) groups is 3. The van der Waals surface area contributed by atoms with E-state index in [-0.39, 0.29) is 55.2 Å². The normalized spacial score (nSPS) is 16.0. The number of anilines is 1. The molecule has 1 atom stereocenters. The topological polar surface area (TPSA) is 98.7 Å². The SMILES string of the molecule is Cc1ccc(N2CC(C(=O)NCCNC(=O)c3ccc(O)cc3)CC2=O)c(F)c1. The first-order valence-electron chi connectivity index (χ1n) is 9.26. The Morgan fingerprint density at radius 1 is 1.14 bits per heavy atom. The van der Waals surface area contributed by atoms with Crippen molar-refractivity contribution in [1.29, 1.82) is 0 Å². The molecule has 2 aromatic rings. The maximum Gasteiger partial charge on any atom is 0.251 e. The lowest BCUT2D eigenvalue weighted by atomic mass is 10.1. The lowest BCUT2D eigenvalue weighted by Gasteiger charge is -2.18. The first-order chi connectivity index (χ1) is 13.8. The number of phenols is 1. The molecule has 152 valence electrons. The van der Waals surface area contributed by atoms with Crippen LogP contribution in [0.4, 0.5) is 10.1 Å². The van der Waals surface area contributed by atoms with Crippen molar-refractivity contribution in [1.82, 2.24) is 10.6 Å². The van der Waals surface area contributed by atoms with Crippen molar-refractivity contribution in [3.63, 3.8) is 0 Å². The van der Waals surface area contributed by atoms with E-state index in [1.807, 2.05) is 0 Å². The van der Waals surface area contributed by atoms with Gasteiger partial charge in [-0.1, -0.05) is 6.07 Å². The smallest absolute Gasteiger partial charge is 0.251 e. The van der Waals surface area contributed by atoms with Crippen molar-refractivity contribution in [2.24, 2.45) is 5.92 Å². The molecular formula is C21H22FN3O4. The van der Waals surface area contributed by atoms with Crippen LogP contribution in [0.5, 0.6) is 5.75 Å². The van der Waals surface area contributed by atoms with E-state index >= 15 is 0 Å². The number of phenolic OH excluding ortho intramolecular Hbond substituents is 1. The molecule has 1 heterocycles. The van der Waals surface area contributed by atoms with Crippen molar-refractivity contribution in [3.8, 4) is 5.75 Å². The highest BCUT2D eigenvalue weighted by Gasteiger charge is 2.36. The molecule has 2 aromatic carbocycles. The van der Waals surface area contributed by atoms with E-state index in [1.165, 1.54) is 35.2 Å². The number of benzene rings is 2. The highest BCUT2D eigenvalue weighted by Crippen LogP contribution is 2.28. The molecule has 8 heteroatoms. The fourth-order valence-electron chi connectivity index (χ4n) is 3.17. The second-order valence-corrected chi connectivity index (χ2v) is 6.95. The molecule has 0 aliphatic carbocycles. The molecule has 1 saturated heterocycles. The molecule has 0 spiro atoms. The molecule has 29 heavy (non-hydrogen) atoms. The van der Waals surface area contributed by atoms with Gasteiger partial charge in [-0.05, 0) is 48.9 Å². The second kappa shape index (κ2) is 8.72. The van der Waals surface area contributed by atoms with Gasteiger partial charge in [-0.15, -0.1) is 0 Å². The Labute approximate surface area is 167 Å². The summed E-state index contributed by atoms with van der Waals surface area (Å²) in [5, 5.41) is 14.6. The third kappa shape index (κ3) is 4.90. The molecule has 0 saturated carbocycles. The predicted octanol–water partition coefficient (Wildman–Crippen LogP) is 1.74. The van der Waals surface area contributed by atoms with Crippen LogP contribution in [0.3, 0.4) is 0 Å². The van der Waals surface area contributed by atoms with Gasteiger partial charge in [0.2, 0.25) is 11.8 Å². The zero-order chi connectivity index (χ0) is 21.0. The fraction of sp³-hybridized carbons (Fsp3) is 0.286. The largest absolute Gasteiger partial charge is 0.508 e. The van der Waals surface area contributed by atoms with Gasteiger partial charge in [-0.3, -0.25) is 14.4 Å². The van der Waals surface area contributed by atoms with Gasteiger partial charge >= 0.3 is 0 Å². The van der Waals surface area contributed by atoms with Crippen molar-refractivity contribution in [2.75, 3.05) is 24.5 Å². The van der Waals surface area contributed by atoms with Crippen LogP contribution in [0.15, 0.2) is 42.5 Å². The van der Waals surface area contributed by atoms with Gasteiger partial charge in [0.1, 0.15) is 11.6 Å². The van der Waals surface area contributed by atoms with E-state index in [0.717, 1.165) is 5.56 Å². The standard InChI is InChI=1S/C21H22FN3O4/c1-13-2-7-18(17(22)10-13)25-12-15(11-19(25)27)21(29)24-9-8-23-20(28)14-3-5-16(26)6-4-14/h2-7,10,15,26H,8-9,11-12H2,1H3,(H,23,28)(H,24,29). The van der Waals surface area contributed by atoms with Crippen molar-refractivity contribution in [2.45, 2.75) is 13.3 Å². The van der Waals surface area contributed by atoms with Crippen molar-refractivity contribution < 1.29 is 23.9 Å². The molecule has 1 aliphatic heterocycles. The predicted molar refractivity (Wildman–Crippen MR) is 105 cm³/mol. The maximum atomic E-state index is 14.1. The van der Waals surface area contributed by atoms with Crippen LogP contribution in [-0.4, -0.2) is 42.5 Å². The number of hydrogen-bond acceptors (Lipinski definition) is 4. The lowest BCUT2D eigenvalue weighted by molar-refractivity contribution is -0.126. The van der Waals surface area contributed by atoms with E-state index in [2.05, 4.69) is 10.6 Å². The second-order valence-electron chi connectivity index (χ2n) is 6.95. The minimum atomic E-state index is -0.573. The zero-order valence-corrected chi connectivity index (χ0v) is 15.9. The minimum Gasteiger partial charge on any atom is -0.508 e. The van der Waals surface area contributed by atoms with E-state index in [9.17, 15) is 23.9 Å². The zero-order valence-electron chi connectivity index (χ0n) is 15.9. The van der Waals surface area contributed by atoms with Gasteiger partial charge in [-0.25, -0.2) is 4.39 Å². The van der Waals surface area contributed by atoms with Gasteiger partial charge in [0.25, 0.3) is 5.91 Å². The molecule has 7 nitrogen and oxygen atoms in total. The van der Waals surface area contributed by atoms with Crippen molar-refractivity contribution >= 4 is 23.4 Å². The number of nitrogens with one attached hydrogen (secondary N) is 2. The van der Waals surface area contributed by atoms with Crippen LogP contribution in [0, 0.1) is 18.7 Å². The third-order valence-electron chi connectivity index (χ3n) is 4.73. The van der Waals surface area contributed by atoms with Crippen LogP contribution in [0.2, 0.25) is 0 Å². The van der Waals surface area contributed by atoms with Gasteiger partial charge in [0, 0.05) is 31.6 Å². The van der Waals surface area contributed by atoms with Gasteiger partial charge in [0.05, 0.1) is 11.6 Å². The number of rotatable bonds is 6. The number of halogens is 1. The average molecular weight is 399 g/mol. The Balaban J connectivity index is 1.47. The summed E-state index contributed by atoms with van der Waals surface area (Å²) in [6.45, 7) is 2.29. The van der Waals surface area contributed by atoms with Crippen LogP contribution in [0.25, 0.3) is 0 Å². The Hall–Kier alpha value is -3.42. The molecule has 0 aromatic heterocycles. The maximum absolute atomic E-state index is 14.1. The van der Waals surface area contributed by atoms with E-state index < -0.39 is 11.7 Å². The van der Waals surface area contributed by atoms with E-state index in [1.54, 1.807) is 19.1 Å². The number of aryl methyl sites for hydroxylation is 1. The van der Waals surface area contributed by atoms with Crippen molar-refractivity contribution in [3.05, 3.63) is 59.4 Å².